The molecule has 0 radical (unpaired) electrons. The predicted molar refractivity (Wildman–Crippen MR) is 97.7 cm³/mol. The van der Waals surface area contributed by atoms with Crippen molar-refractivity contribution in [1.82, 2.24) is 25.3 Å². The Labute approximate surface area is 155 Å². The molecule has 7 nitrogen and oxygen atoms in total. The SMILES string of the molecule is CCc1noc(C(C)N2CCN(C(=O)[C@H]3CCN[C@@H](C)C3)CC2)n1.Cl. The third-order valence-electron chi connectivity index (χ3n) is 5.30. The van der Waals surface area contributed by atoms with Gasteiger partial charge in [0, 0.05) is 44.6 Å². The molecule has 1 N–H and O–H groups in total. The Morgan fingerprint density at radius 3 is 2.68 bits per heavy atom. The number of aryl methyl sites for hydroxylation is 1. The van der Waals surface area contributed by atoms with Crippen molar-refractivity contribution in [2.45, 2.75) is 52.1 Å². The molecular weight excluding hydrogens is 342 g/mol. The maximum atomic E-state index is 12.7. The Morgan fingerprint density at radius 2 is 2.08 bits per heavy atom. The summed E-state index contributed by atoms with van der Waals surface area (Å²) in [6.45, 7) is 10.5. The Morgan fingerprint density at radius 1 is 1.36 bits per heavy atom. The predicted octanol–water partition coefficient (Wildman–Crippen LogP) is 1.65. The summed E-state index contributed by atoms with van der Waals surface area (Å²) in [7, 11) is 0. The minimum absolute atomic E-state index is 0. The molecule has 25 heavy (non-hydrogen) atoms. The molecular formula is C17H30ClN5O2. The van der Waals surface area contributed by atoms with Gasteiger partial charge in [-0.25, -0.2) is 0 Å². The number of piperazine rings is 1. The van der Waals surface area contributed by atoms with E-state index in [-0.39, 0.29) is 24.4 Å². The van der Waals surface area contributed by atoms with Gasteiger partial charge in [-0.2, -0.15) is 4.98 Å². The zero-order chi connectivity index (χ0) is 17.1. The molecule has 0 aromatic carbocycles. The monoisotopic (exact) mass is 371 g/mol. The molecule has 3 atom stereocenters. The summed E-state index contributed by atoms with van der Waals surface area (Å²) in [5.41, 5.74) is 0. The van der Waals surface area contributed by atoms with Crippen LogP contribution in [-0.4, -0.2) is 64.6 Å². The van der Waals surface area contributed by atoms with Gasteiger partial charge in [-0.3, -0.25) is 9.69 Å². The highest BCUT2D eigenvalue weighted by Gasteiger charge is 2.32. The van der Waals surface area contributed by atoms with Crippen molar-refractivity contribution < 1.29 is 9.32 Å². The van der Waals surface area contributed by atoms with Gasteiger partial charge in [0.2, 0.25) is 11.8 Å². The molecule has 8 heteroatoms. The van der Waals surface area contributed by atoms with E-state index in [1.807, 2.05) is 11.8 Å². The minimum Gasteiger partial charge on any atom is -0.340 e. The van der Waals surface area contributed by atoms with Gasteiger partial charge in [0.05, 0.1) is 6.04 Å². The maximum absolute atomic E-state index is 12.7. The lowest BCUT2D eigenvalue weighted by Crippen LogP contribution is -2.52. The molecule has 0 aliphatic carbocycles. The number of piperidine rings is 1. The van der Waals surface area contributed by atoms with Crippen molar-refractivity contribution in [3.8, 4) is 0 Å². The number of hydrogen-bond donors (Lipinski definition) is 1. The number of halogens is 1. The molecule has 2 saturated heterocycles. The first-order chi connectivity index (χ1) is 11.6. The molecule has 0 saturated carbocycles. The summed E-state index contributed by atoms with van der Waals surface area (Å²) in [5.74, 6) is 1.96. The maximum Gasteiger partial charge on any atom is 0.243 e. The number of hydrogen-bond acceptors (Lipinski definition) is 6. The summed E-state index contributed by atoms with van der Waals surface area (Å²) >= 11 is 0. The molecule has 1 amide bonds. The summed E-state index contributed by atoms with van der Waals surface area (Å²) in [6, 6.07) is 0.549. The van der Waals surface area contributed by atoms with Gasteiger partial charge in [-0.05, 0) is 33.2 Å². The molecule has 2 aliphatic rings. The van der Waals surface area contributed by atoms with Crippen LogP contribution in [0.2, 0.25) is 0 Å². The first kappa shape index (κ1) is 20.1. The number of carbonyl (C=O) groups excluding carboxylic acids is 1. The van der Waals surface area contributed by atoms with E-state index < -0.39 is 0 Å². The highest BCUT2D eigenvalue weighted by molar-refractivity contribution is 5.85. The van der Waals surface area contributed by atoms with Crippen LogP contribution < -0.4 is 5.32 Å². The van der Waals surface area contributed by atoms with E-state index in [9.17, 15) is 4.79 Å². The zero-order valence-electron chi connectivity index (χ0n) is 15.4. The van der Waals surface area contributed by atoms with Crippen LogP contribution in [0.5, 0.6) is 0 Å². The lowest BCUT2D eigenvalue weighted by Gasteiger charge is -2.39. The number of nitrogens with zero attached hydrogens (tertiary/aromatic N) is 4. The number of rotatable bonds is 4. The molecule has 0 bridgehead atoms. The second-order valence-corrected chi connectivity index (χ2v) is 7.02. The summed E-state index contributed by atoms with van der Waals surface area (Å²) in [6.07, 6.45) is 2.70. The molecule has 142 valence electrons. The minimum atomic E-state index is 0. The first-order valence-corrected chi connectivity index (χ1v) is 9.17. The van der Waals surface area contributed by atoms with E-state index in [2.05, 4.69) is 34.2 Å². The van der Waals surface area contributed by atoms with Gasteiger partial charge < -0.3 is 14.7 Å². The van der Waals surface area contributed by atoms with Crippen molar-refractivity contribution in [3.63, 3.8) is 0 Å². The fourth-order valence-electron chi connectivity index (χ4n) is 3.68. The average Bonchev–Trinajstić information content (AvgIpc) is 3.10. The molecule has 1 aromatic rings. The quantitative estimate of drug-likeness (QED) is 0.867. The van der Waals surface area contributed by atoms with Crippen molar-refractivity contribution in [1.29, 1.82) is 0 Å². The number of amides is 1. The second-order valence-electron chi connectivity index (χ2n) is 7.02. The van der Waals surface area contributed by atoms with Crippen molar-refractivity contribution in [3.05, 3.63) is 11.7 Å². The van der Waals surface area contributed by atoms with Gasteiger partial charge in [0.15, 0.2) is 5.82 Å². The molecule has 2 aliphatic heterocycles. The van der Waals surface area contributed by atoms with E-state index in [4.69, 9.17) is 4.52 Å². The summed E-state index contributed by atoms with van der Waals surface area (Å²) in [5, 5.41) is 7.39. The Balaban J connectivity index is 0.00000225. The van der Waals surface area contributed by atoms with Crippen LogP contribution in [0.1, 0.15) is 51.4 Å². The Bertz CT molecular complexity index is 559. The molecule has 2 fully saturated rings. The Kier molecular flexibility index (Phi) is 7.22. The van der Waals surface area contributed by atoms with E-state index in [1.165, 1.54) is 0 Å². The van der Waals surface area contributed by atoms with Crippen LogP contribution in [0.15, 0.2) is 4.52 Å². The van der Waals surface area contributed by atoms with Crippen molar-refractivity contribution in [2.24, 2.45) is 5.92 Å². The fraction of sp³-hybridized carbons (Fsp3) is 0.824. The van der Waals surface area contributed by atoms with Crippen LogP contribution in [0.25, 0.3) is 0 Å². The van der Waals surface area contributed by atoms with Gasteiger partial charge in [-0.15, -0.1) is 12.4 Å². The zero-order valence-corrected chi connectivity index (χ0v) is 16.2. The average molecular weight is 372 g/mol. The largest absolute Gasteiger partial charge is 0.340 e. The third-order valence-corrected chi connectivity index (χ3v) is 5.30. The smallest absolute Gasteiger partial charge is 0.243 e. The van der Waals surface area contributed by atoms with E-state index in [0.29, 0.717) is 17.8 Å². The molecule has 3 rings (SSSR count). The van der Waals surface area contributed by atoms with Gasteiger partial charge in [0.1, 0.15) is 0 Å². The molecule has 3 heterocycles. The van der Waals surface area contributed by atoms with Crippen molar-refractivity contribution >= 4 is 18.3 Å². The van der Waals surface area contributed by atoms with Crippen molar-refractivity contribution in [2.75, 3.05) is 32.7 Å². The topological polar surface area (TPSA) is 74.5 Å². The van der Waals surface area contributed by atoms with E-state index >= 15 is 0 Å². The molecule has 1 aromatic heterocycles. The second kappa shape index (κ2) is 8.96. The number of nitrogens with one attached hydrogen (secondary N) is 1. The normalized spacial score (nSPS) is 26.1. The highest BCUT2D eigenvalue weighted by Crippen LogP contribution is 2.23. The molecule has 0 spiro atoms. The van der Waals surface area contributed by atoms with Crippen LogP contribution in [0.3, 0.4) is 0 Å². The third kappa shape index (κ3) is 4.71. The fourth-order valence-corrected chi connectivity index (χ4v) is 3.68. The lowest BCUT2D eigenvalue weighted by atomic mass is 9.92. The first-order valence-electron chi connectivity index (χ1n) is 9.17. The van der Waals surface area contributed by atoms with E-state index in [1.54, 1.807) is 0 Å². The van der Waals surface area contributed by atoms with Crippen LogP contribution in [0.4, 0.5) is 0 Å². The van der Waals surface area contributed by atoms with Gasteiger partial charge >= 0.3 is 0 Å². The van der Waals surface area contributed by atoms with Crippen LogP contribution in [-0.2, 0) is 11.2 Å². The lowest BCUT2D eigenvalue weighted by molar-refractivity contribution is -0.138. The van der Waals surface area contributed by atoms with Gasteiger partial charge in [0.25, 0.3) is 0 Å². The van der Waals surface area contributed by atoms with Crippen LogP contribution >= 0.6 is 12.4 Å². The summed E-state index contributed by atoms with van der Waals surface area (Å²) < 4.78 is 5.36. The summed E-state index contributed by atoms with van der Waals surface area (Å²) in [4.78, 5) is 21.5. The Hall–Kier alpha value is -1.18. The highest BCUT2D eigenvalue weighted by atomic mass is 35.5. The number of carbonyl (C=O) groups is 1. The standard InChI is InChI=1S/C17H29N5O2.ClH/c1-4-15-19-16(24-20-15)13(3)21-7-9-22(10-8-21)17(23)14-5-6-18-12(2)11-14;/h12-14,18H,4-11H2,1-3H3;1H/t12-,13?,14-;/m0./s1. The van der Waals surface area contributed by atoms with E-state index in [0.717, 1.165) is 57.8 Å². The molecule has 1 unspecified atom stereocenters. The van der Waals surface area contributed by atoms with Crippen LogP contribution in [0, 0.1) is 5.92 Å². The number of aromatic nitrogens is 2. The van der Waals surface area contributed by atoms with Gasteiger partial charge in [-0.1, -0.05) is 12.1 Å².